The SMILES string of the molecule is C/C=C(\C=C(\C)C(C)=O)C(C)=O.CCC1(C)CC1.Cc1ccc(C(=C2CC3(C2)CN(C)C3)c2ccc(C(C)C)cc2)cc1. The number of ketones is 2. The fraction of sp³-hybridized carbons (Fsp3) is 0.500. The Morgan fingerprint density at radius 2 is 1.40 bits per heavy atom. The van der Waals surface area contributed by atoms with Gasteiger partial charge in [0.05, 0.1) is 0 Å². The molecule has 2 aromatic rings. The highest BCUT2D eigenvalue weighted by molar-refractivity contribution is 6.00. The first-order valence-electron chi connectivity index (χ1n) is 16.2. The topological polar surface area (TPSA) is 37.4 Å². The minimum Gasteiger partial charge on any atom is -0.305 e. The molecule has 0 bridgehead atoms. The number of allylic oxidation sites excluding steroid dienone is 5. The molecule has 0 radical (unpaired) electrons. The minimum absolute atomic E-state index is 0.00407. The van der Waals surface area contributed by atoms with E-state index in [0.717, 1.165) is 5.41 Å². The molecule has 3 nitrogen and oxygen atoms in total. The smallest absolute Gasteiger partial charge is 0.159 e. The van der Waals surface area contributed by atoms with Crippen LogP contribution in [0.2, 0.25) is 0 Å². The largest absolute Gasteiger partial charge is 0.305 e. The molecule has 5 rings (SSSR count). The summed E-state index contributed by atoms with van der Waals surface area (Å²) in [6.07, 6.45) is 10.2. The lowest BCUT2D eigenvalue weighted by atomic mass is 9.59. The normalized spacial score (nSPS) is 18.4. The number of benzene rings is 2. The van der Waals surface area contributed by atoms with Gasteiger partial charge in [0.2, 0.25) is 0 Å². The van der Waals surface area contributed by atoms with Crippen LogP contribution in [0.1, 0.15) is 116 Å². The molecule has 1 heterocycles. The van der Waals surface area contributed by atoms with Gasteiger partial charge in [0.1, 0.15) is 0 Å². The van der Waals surface area contributed by atoms with Crippen LogP contribution in [0.15, 0.2) is 77.4 Å². The van der Waals surface area contributed by atoms with Crippen molar-refractivity contribution >= 4 is 17.1 Å². The molecular weight excluding hydrogens is 526 g/mol. The second-order valence-corrected chi connectivity index (χ2v) is 14.0. The molecule has 1 aliphatic heterocycles. The van der Waals surface area contributed by atoms with Gasteiger partial charge >= 0.3 is 0 Å². The van der Waals surface area contributed by atoms with Crippen LogP contribution < -0.4 is 0 Å². The zero-order valence-electron chi connectivity index (χ0n) is 28.6. The fourth-order valence-electron chi connectivity index (χ4n) is 5.97. The molecule has 0 aromatic heterocycles. The van der Waals surface area contributed by atoms with Gasteiger partial charge in [0.25, 0.3) is 0 Å². The molecule has 1 saturated heterocycles. The van der Waals surface area contributed by atoms with E-state index in [-0.39, 0.29) is 11.6 Å². The van der Waals surface area contributed by atoms with Gasteiger partial charge in [0.15, 0.2) is 11.6 Å². The van der Waals surface area contributed by atoms with Crippen LogP contribution in [-0.2, 0) is 9.59 Å². The summed E-state index contributed by atoms with van der Waals surface area (Å²) in [6, 6.07) is 18.3. The molecule has 3 fully saturated rings. The van der Waals surface area contributed by atoms with Gasteiger partial charge in [-0.2, -0.15) is 0 Å². The standard InChI is InChI=1S/C24H29N.C10H14O2.C6H12/c1-17(2)19-9-11-21(12-10-19)23(20-7-5-18(3)6-8-20)22-13-24(14-22)15-25(4)16-24;1-5-10(9(4)12)6-7(2)8(3)11;1-3-6(2)4-5-6/h5-12,17H,13-16H2,1-4H3;5-6H,1-4H3;3-5H2,1-2H3/b;7-6-,10-5+;. The Morgan fingerprint density at radius 3 is 1.74 bits per heavy atom. The minimum atomic E-state index is -0.0156. The lowest BCUT2D eigenvalue weighted by molar-refractivity contribution is -0.113. The number of carbonyl (C=O) groups excluding carboxylic acids is 2. The second kappa shape index (κ2) is 14.6. The van der Waals surface area contributed by atoms with Crippen LogP contribution in [0.5, 0.6) is 0 Å². The van der Waals surface area contributed by atoms with Gasteiger partial charge in [-0.25, -0.2) is 0 Å². The highest BCUT2D eigenvalue weighted by Crippen LogP contribution is 2.54. The monoisotopic (exact) mass is 581 g/mol. The van der Waals surface area contributed by atoms with Crippen LogP contribution in [0.25, 0.3) is 5.57 Å². The first kappa shape index (κ1) is 34.5. The summed E-state index contributed by atoms with van der Waals surface area (Å²) in [6.45, 7) is 20.3. The highest BCUT2D eigenvalue weighted by Gasteiger charge is 2.49. The first-order chi connectivity index (χ1) is 20.2. The predicted octanol–water partition coefficient (Wildman–Crippen LogP) is 9.90. The zero-order valence-corrected chi connectivity index (χ0v) is 28.6. The molecule has 2 aromatic carbocycles. The Balaban J connectivity index is 0.000000233. The average molecular weight is 582 g/mol. The number of Topliss-reactive ketones (excluding diaryl/α,β-unsaturated/α-hetero) is 2. The van der Waals surface area contributed by atoms with Crippen molar-refractivity contribution in [2.75, 3.05) is 20.1 Å². The van der Waals surface area contributed by atoms with Crippen LogP contribution in [0, 0.1) is 17.8 Å². The number of carbonyl (C=O) groups is 2. The molecule has 43 heavy (non-hydrogen) atoms. The van der Waals surface area contributed by atoms with Crippen molar-refractivity contribution in [3.05, 3.63) is 99.7 Å². The summed E-state index contributed by atoms with van der Waals surface area (Å²) in [5.74, 6) is 0.565. The van der Waals surface area contributed by atoms with E-state index in [0.29, 0.717) is 22.5 Å². The highest BCUT2D eigenvalue weighted by atomic mass is 16.1. The quantitative estimate of drug-likeness (QED) is 0.241. The van der Waals surface area contributed by atoms with E-state index < -0.39 is 0 Å². The fourth-order valence-corrected chi connectivity index (χ4v) is 5.97. The molecule has 0 unspecified atom stereocenters. The zero-order chi connectivity index (χ0) is 31.9. The van der Waals surface area contributed by atoms with E-state index in [1.807, 2.05) is 0 Å². The maximum absolute atomic E-state index is 10.9. The number of hydrogen-bond acceptors (Lipinski definition) is 3. The van der Waals surface area contributed by atoms with Crippen molar-refractivity contribution in [2.45, 2.75) is 100 Å². The molecule has 3 aliphatic rings. The number of aryl methyl sites for hydroxylation is 1. The van der Waals surface area contributed by atoms with E-state index >= 15 is 0 Å². The van der Waals surface area contributed by atoms with Crippen molar-refractivity contribution in [3.63, 3.8) is 0 Å². The van der Waals surface area contributed by atoms with Crippen molar-refractivity contribution in [1.82, 2.24) is 4.90 Å². The van der Waals surface area contributed by atoms with Gasteiger partial charge in [-0.1, -0.05) is 99.9 Å². The van der Waals surface area contributed by atoms with Crippen LogP contribution >= 0.6 is 0 Å². The van der Waals surface area contributed by atoms with Gasteiger partial charge in [-0.3, -0.25) is 9.59 Å². The third-order valence-electron chi connectivity index (χ3n) is 9.55. The van der Waals surface area contributed by atoms with E-state index in [4.69, 9.17) is 0 Å². The molecule has 0 atom stereocenters. The maximum Gasteiger partial charge on any atom is 0.159 e. The molecule has 3 heteroatoms. The van der Waals surface area contributed by atoms with Crippen molar-refractivity contribution in [3.8, 4) is 0 Å². The van der Waals surface area contributed by atoms with Gasteiger partial charge in [0, 0.05) is 24.1 Å². The summed E-state index contributed by atoms with van der Waals surface area (Å²) >= 11 is 0. The average Bonchev–Trinajstić information content (AvgIpc) is 3.69. The Morgan fingerprint density at radius 1 is 0.884 bits per heavy atom. The molecular formula is C40H55NO2. The molecule has 2 saturated carbocycles. The van der Waals surface area contributed by atoms with Gasteiger partial charge in [-0.05, 0) is 113 Å². The predicted molar refractivity (Wildman–Crippen MR) is 183 cm³/mol. The van der Waals surface area contributed by atoms with E-state index in [9.17, 15) is 9.59 Å². The third-order valence-corrected chi connectivity index (χ3v) is 9.55. The lowest BCUT2D eigenvalue weighted by Crippen LogP contribution is -2.58. The van der Waals surface area contributed by atoms with Crippen molar-refractivity contribution in [2.24, 2.45) is 10.8 Å². The van der Waals surface area contributed by atoms with Gasteiger partial charge in [-0.15, -0.1) is 0 Å². The molecule has 0 N–H and O–H groups in total. The Bertz CT molecular complexity index is 1350. The number of likely N-dealkylation sites (tertiary alicyclic amines) is 1. The van der Waals surface area contributed by atoms with E-state index in [1.165, 1.54) is 86.9 Å². The number of nitrogens with zero attached hydrogens (tertiary/aromatic N) is 1. The van der Waals surface area contributed by atoms with Crippen LogP contribution in [0.4, 0.5) is 0 Å². The molecule has 232 valence electrons. The van der Waals surface area contributed by atoms with Gasteiger partial charge < -0.3 is 4.90 Å². The number of hydrogen-bond donors (Lipinski definition) is 0. The Kier molecular flexibility index (Phi) is 11.7. The molecule has 0 amide bonds. The summed E-state index contributed by atoms with van der Waals surface area (Å²) in [5.41, 5.74) is 11.2. The Labute approximate surface area is 262 Å². The summed E-state index contributed by atoms with van der Waals surface area (Å²) in [4.78, 5) is 24.2. The van der Waals surface area contributed by atoms with Crippen LogP contribution in [-0.4, -0.2) is 36.6 Å². The first-order valence-corrected chi connectivity index (χ1v) is 16.2. The van der Waals surface area contributed by atoms with Crippen molar-refractivity contribution < 1.29 is 9.59 Å². The summed E-state index contributed by atoms with van der Waals surface area (Å²) < 4.78 is 0. The Hall–Kier alpha value is -3.04. The maximum atomic E-state index is 10.9. The van der Waals surface area contributed by atoms with E-state index in [2.05, 4.69) is 95.1 Å². The van der Waals surface area contributed by atoms with Crippen molar-refractivity contribution in [1.29, 1.82) is 0 Å². The van der Waals surface area contributed by atoms with E-state index in [1.54, 1.807) is 31.6 Å². The second-order valence-electron chi connectivity index (χ2n) is 14.0. The molecule has 1 spiro atoms. The summed E-state index contributed by atoms with van der Waals surface area (Å²) in [5, 5.41) is 0. The van der Waals surface area contributed by atoms with Crippen LogP contribution in [0.3, 0.4) is 0 Å². The lowest BCUT2D eigenvalue weighted by Gasteiger charge is -2.56. The number of rotatable bonds is 7. The molecule has 2 aliphatic carbocycles. The summed E-state index contributed by atoms with van der Waals surface area (Å²) in [7, 11) is 2.23. The third kappa shape index (κ3) is 9.47.